The topological polar surface area (TPSA) is 58.2 Å². The maximum atomic E-state index is 11.5. The van der Waals surface area contributed by atoms with Crippen LogP contribution in [0.3, 0.4) is 0 Å². The lowest BCUT2D eigenvalue weighted by Crippen LogP contribution is -2.09. The molecule has 3 aromatic carbocycles. The molecular weight excluding hydrogens is 336 g/mol. The molecule has 4 heteroatoms. The Kier molecular flexibility index (Phi) is 5.67. The van der Waals surface area contributed by atoms with Crippen LogP contribution in [0.25, 0.3) is 11.1 Å². The summed E-state index contributed by atoms with van der Waals surface area (Å²) in [5, 5.41) is 5.60. The monoisotopic (exact) mass is 358 g/mol. The largest absolute Gasteiger partial charge is 0.326 e. The summed E-state index contributed by atoms with van der Waals surface area (Å²) >= 11 is 0. The number of hydrogen-bond acceptors (Lipinski definition) is 2. The molecule has 0 saturated heterocycles. The molecule has 2 amide bonds. The fraction of sp³-hybridized carbons (Fsp3) is 0.130. The van der Waals surface area contributed by atoms with Gasteiger partial charge in [-0.05, 0) is 46.9 Å². The minimum absolute atomic E-state index is 0.148. The first-order chi connectivity index (χ1) is 13.0. The van der Waals surface area contributed by atoms with Crippen LogP contribution >= 0.6 is 0 Å². The highest BCUT2D eigenvalue weighted by molar-refractivity contribution is 5.92. The van der Waals surface area contributed by atoms with Gasteiger partial charge in [0, 0.05) is 25.2 Å². The summed E-state index contributed by atoms with van der Waals surface area (Å²) in [6, 6.07) is 24.1. The van der Waals surface area contributed by atoms with Gasteiger partial charge >= 0.3 is 0 Å². The van der Waals surface area contributed by atoms with Crippen LogP contribution in [0.1, 0.15) is 25.0 Å². The number of amides is 2. The van der Waals surface area contributed by atoms with E-state index in [2.05, 4.69) is 34.9 Å². The molecule has 3 aromatic rings. The third-order valence-electron chi connectivity index (χ3n) is 4.13. The van der Waals surface area contributed by atoms with E-state index in [1.165, 1.54) is 25.0 Å². The molecule has 0 aliphatic rings. The van der Waals surface area contributed by atoms with Crippen molar-refractivity contribution in [3.8, 4) is 11.1 Å². The van der Waals surface area contributed by atoms with Crippen molar-refractivity contribution < 1.29 is 9.59 Å². The van der Waals surface area contributed by atoms with Gasteiger partial charge in [0.1, 0.15) is 0 Å². The summed E-state index contributed by atoms with van der Waals surface area (Å²) in [5.41, 5.74) is 5.85. The summed E-state index contributed by atoms with van der Waals surface area (Å²) in [6.45, 7) is 2.94. The Hall–Kier alpha value is -3.40. The molecule has 0 atom stereocenters. The SMILES string of the molecule is CC(=O)Nc1cc(Cc2ccccc2-c2ccccc2)cc(NC(C)=O)c1. The molecule has 0 heterocycles. The van der Waals surface area contributed by atoms with E-state index in [1.807, 2.05) is 42.5 Å². The lowest BCUT2D eigenvalue weighted by molar-refractivity contribution is -0.115. The van der Waals surface area contributed by atoms with Gasteiger partial charge in [0.25, 0.3) is 0 Å². The number of nitrogens with one attached hydrogen (secondary N) is 2. The summed E-state index contributed by atoms with van der Waals surface area (Å²) in [4.78, 5) is 22.9. The maximum absolute atomic E-state index is 11.5. The zero-order valence-corrected chi connectivity index (χ0v) is 15.5. The third-order valence-corrected chi connectivity index (χ3v) is 4.13. The molecule has 0 saturated carbocycles. The van der Waals surface area contributed by atoms with Gasteiger partial charge in [-0.2, -0.15) is 0 Å². The van der Waals surface area contributed by atoms with Crippen molar-refractivity contribution in [1.82, 2.24) is 0 Å². The Bertz CT molecular complexity index is 931. The Morgan fingerprint density at radius 3 is 1.89 bits per heavy atom. The van der Waals surface area contributed by atoms with E-state index in [-0.39, 0.29) is 11.8 Å². The number of carbonyl (C=O) groups excluding carboxylic acids is 2. The van der Waals surface area contributed by atoms with Crippen molar-refractivity contribution in [2.45, 2.75) is 20.3 Å². The summed E-state index contributed by atoms with van der Waals surface area (Å²) in [7, 11) is 0. The highest BCUT2D eigenvalue weighted by Gasteiger charge is 2.09. The van der Waals surface area contributed by atoms with Crippen LogP contribution in [0.5, 0.6) is 0 Å². The first-order valence-electron chi connectivity index (χ1n) is 8.84. The van der Waals surface area contributed by atoms with Gasteiger partial charge in [0.15, 0.2) is 0 Å². The van der Waals surface area contributed by atoms with E-state index in [0.717, 1.165) is 11.1 Å². The fourth-order valence-electron chi connectivity index (χ4n) is 3.14. The minimum atomic E-state index is -0.148. The van der Waals surface area contributed by atoms with Gasteiger partial charge in [-0.3, -0.25) is 9.59 Å². The van der Waals surface area contributed by atoms with Gasteiger partial charge in [-0.15, -0.1) is 0 Å². The van der Waals surface area contributed by atoms with E-state index >= 15 is 0 Å². The molecule has 0 fully saturated rings. The van der Waals surface area contributed by atoms with Crippen molar-refractivity contribution in [2.75, 3.05) is 10.6 Å². The molecule has 0 aliphatic heterocycles. The smallest absolute Gasteiger partial charge is 0.221 e. The first kappa shape index (κ1) is 18.4. The van der Waals surface area contributed by atoms with Gasteiger partial charge in [0.05, 0.1) is 0 Å². The van der Waals surface area contributed by atoms with E-state index in [4.69, 9.17) is 0 Å². The lowest BCUT2D eigenvalue weighted by atomic mass is 9.94. The van der Waals surface area contributed by atoms with E-state index < -0.39 is 0 Å². The van der Waals surface area contributed by atoms with Gasteiger partial charge in [-0.25, -0.2) is 0 Å². The molecule has 4 nitrogen and oxygen atoms in total. The molecule has 0 bridgehead atoms. The summed E-state index contributed by atoms with van der Waals surface area (Å²) in [5.74, 6) is -0.295. The number of hydrogen-bond donors (Lipinski definition) is 2. The summed E-state index contributed by atoms with van der Waals surface area (Å²) < 4.78 is 0. The predicted molar refractivity (Wildman–Crippen MR) is 110 cm³/mol. The predicted octanol–water partition coefficient (Wildman–Crippen LogP) is 4.86. The molecule has 0 aliphatic carbocycles. The quantitative estimate of drug-likeness (QED) is 0.684. The number of benzene rings is 3. The average Bonchev–Trinajstić information content (AvgIpc) is 2.61. The number of rotatable bonds is 5. The standard InChI is InChI=1S/C23H22N2O2/c1-16(26)24-21-13-18(14-22(15-21)25-17(2)27)12-20-10-6-7-11-23(20)19-8-4-3-5-9-19/h3-11,13-15H,12H2,1-2H3,(H,24,26)(H,25,27). The molecule has 3 rings (SSSR count). The Balaban J connectivity index is 1.98. The van der Waals surface area contributed by atoms with Crippen molar-refractivity contribution in [3.63, 3.8) is 0 Å². The number of carbonyl (C=O) groups is 2. The Morgan fingerprint density at radius 1 is 0.741 bits per heavy atom. The van der Waals surface area contributed by atoms with E-state index in [9.17, 15) is 9.59 Å². The van der Waals surface area contributed by atoms with Crippen molar-refractivity contribution in [3.05, 3.63) is 83.9 Å². The van der Waals surface area contributed by atoms with Crippen LogP contribution in [-0.4, -0.2) is 11.8 Å². The van der Waals surface area contributed by atoms with Gasteiger partial charge in [-0.1, -0.05) is 54.6 Å². The van der Waals surface area contributed by atoms with Crippen LogP contribution in [0.15, 0.2) is 72.8 Å². The summed E-state index contributed by atoms with van der Waals surface area (Å²) in [6.07, 6.45) is 0.686. The van der Waals surface area contributed by atoms with Gasteiger partial charge < -0.3 is 10.6 Å². The van der Waals surface area contributed by atoms with Gasteiger partial charge in [0.2, 0.25) is 11.8 Å². The average molecular weight is 358 g/mol. The minimum Gasteiger partial charge on any atom is -0.326 e. The second kappa shape index (κ2) is 8.32. The maximum Gasteiger partial charge on any atom is 0.221 e. The molecule has 136 valence electrons. The first-order valence-corrected chi connectivity index (χ1v) is 8.84. The molecule has 27 heavy (non-hydrogen) atoms. The van der Waals surface area contributed by atoms with Crippen LogP contribution in [0.2, 0.25) is 0 Å². The molecule has 2 N–H and O–H groups in total. The molecule has 0 unspecified atom stereocenters. The zero-order chi connectivity index (χ0) is 19.2. The van der Waals surface area contributed by atoms with Crippen LogP contribution in [0, 0.1) is 0 Å². The Morgan fingerprint density at radius 2 is 1.30 bits per heavy atom. The highest BCUT2D eigenvalue weighted by atomic mass is 16.2. The van der Waals surface area contributed by atoms with E-state index in [0.29, 0.717) is 17.8 Å². The lowest BCUT2D eigenvalue weighted by Gasteiger charge is -2.13. The zero-order valence-electron chi connectivity index (χ0n) is 15.5. The molecule has 0 radical (unpaired) electrons. The van der Waals surface area contributed by atoms with Crippen molar-refractivity contribution in [1.29, 1.82) is 0 Å². The van der Waals surface area contributed by atoms with Crippen molar-refractivity contribution >= 4 is 23.2 Å². The second-order valence-corrected chi connectivity index (χ2v) is 6.48. The van der Waals surface area contributed by atoms with Crippen LogP contribution in [0.4, 0.5) is 11.4 Å². The molecule has 0 aromatic heterocycles. The second-order valence-electron chi connectivity index (χ2n) is 6.48. The molecule has 0 spiro atoms. The Labute approximate surface area is 159 Å². The van der Waals surface area contributed by atoms with E-state index in [1.54, 1.807) is 6.07 Å². The normalized spacial score (nSPS) is 10.3. The van der Waals surface area contributed by atoms with Crippen LogP contribution < -0.4 is 10.6 Å². The third kappa shape index (κ3) is 5.05. The fourth-order valence-corrected chi connectivity index (χ4v) is 3.14. The molecular formula is C23H22N2O2. The number of anilines is 2. The highest BCUT2D eigenvalue weighted by Crippen LogP contribution is 2.27. The van der Waals surface area contributed by atoms with Crippen molar-refractivity contribution in [2.24, 2.45) is 0 Å². The van der Waals surface area contributed by atoms with Crippen LogP contribution in [-0.2, 0) is 16.0 Å².